The molecule has 1 N–H and O–H groups in total. The van der Waals surface area contributed by atoms with Crippen LogP contribution in [0, 0.1) is 11.9 Å². The van der Waals surface area contributed by atoms with Gasteiger partial charge in [0.2, 0.25) is 0 Å². The Morgan fingerprint density at radius 2 is 1.73 bits per heavy atom. The van der Waals surface area contributed by atoms with E-state index in [2.05, 4.69) is 30.3 Å². The second-order valence-electron chi connectivity index (χ2n) is 1.90. The quantitative estimate of drug-likeness (QED) is 0.638. The number of rotatable bonds is 0. The molecule has 0 spiro atoms. The van der Waals surface area contributed by atoms with Crippen molar-refractivity contribution in [1.82, 2.24) is 0 Å². The number of nitrogens with zero attached hydrogens (tertiary/aromatic N) is 1. The zero-order chi connectivity index (χ0) is 8.69. The van der Waals surface area contributed by atoms with Crippen LogP contribution in [0.25, 0.3) is 0 Å². The smallest absolute Gasteiger partial charge is 0.282 e. The molecule has 2 nitrogen and oxygen atoms in total. The molecule has 0 radical (unpaired) electrons. The third-order valence-electron chi connectivity index (χ3n) is 0.940. The molecule has 0 saturated carbocycles. The van der Waals surface area contributed by atoms with Crippen LogP contribution in [0.1, 0.15) is 5.56 Å². The van der Waals surface area contributed by atoms with E-state index < -0.39 is 7.14 Å². The average molecular weight is 190 g/mol. The van der Waals surface area contributed by atoms with Crippen LogP contribution in [0.5, 0.6) is 0 Å². The predicted molar refractivity (Wildman–Crippen MR) is 47.9 cm³/mol. The van der Waals surface area contributed by atoms with Crippen LogP contribution in [0.15, 0.2) is 30.3 Å². The van der Waals surface area contributed by atoms with Gasteiger partial charge in [-0.25, -0.2) is 0 Å². The average Bonchev–Trinajstić information content (AvgIpc) is 1.87. The molecule has 4 heteroatoms. The van der Waals surface area contributed by atoms with Crippen molar-refractivity contribution in [2.75, 3.05) is 0 Å². The summed E-state index contributed by atoms with van der Waals surface area (Å²) in [5.41, 5.74) is 1.32. The van der Waals surface area contributed by atoms with Crippen LogP contribution in [0.2, 0.25) is 0 Å². The lowest BCUT2D eigenvalue weighted by molar-refractivity contribution is 0.651. The van der Waals surface area contributed by atoms with Crippen LogP contribution < -0.4 is 0 Å². The van der Waals surface area contributed by atoms with Gasteiger partial charge in [0.05, 0.1) is 0 Å². The summed E-state index contributed by atoms with van der Waals surface area (Å²) in [6.45, 7) is 2.08. The molecule has 1 aromatic carbocycles. The van der Waals surface area contributed by atoms with Gasteiger partial charge in [-0.05, 0) is 18.2 Å². The van der Waals surface area contributed by atoms with Crippen molar-refractivity contribution in [3.63, 3.8) is 0 Å². The molecule has 0 aliphatic carbocycles. The van der Waals surface area contributed by atoms with Gasteiger partial charge in [-0.2, -0.15) is 5.00 Å². The first-order valence-electron chi connectivity index (χ1n) is 2.98. The molecule has 0 heterocycles. The van der Waals surface area contributed by atoms with Gasteiger partial charge < -0.3 is 4.89 Å². The van der Waals surface area contributed by atoms with Gasteiger partial charge in [0.15, 0.2) is 0 Å². The molecule has 1 rings (SSSR count). The monoisotopic (exact) mass is 189 g/mol. The van der Waals surface area contributed by atoms with E-state index >= 15 is 0 Å². The molecule has 0 aliphatic heterocycles. The summed E-state index contributed by atoms with van der Waals surface area (Å²) in [6, 6.07) is 10.3. The largest absolute Gasteiger partial charge is 0.313 e. The Hall–Kier alpha value is -0.520. The van der Waals surface area contributed by atoms with E-state index in [4.69, 9.17) is 9.90 Å². The summed E-state index contributed by atoms with van der Waals surface area (Å²) >= 11 is 4.45. The second-order valence-corrected chi connectivity index (χ2v) is 3.28. The Balaban J connectivity index is 0.000000218. The van der Waals surface area contributed by atoms with E-state index in [9.17, 15) is 0 Å². The van der Waals surface area contributed by atoms with Crippen molar-refractivity contribution >= 4 is 18.4 Å². The molecular formula is C7H9ClNOP. The van der Waals surface area contributed by atoms with Crippen LogP contribution in [-0.4, -0.2) is 4.89 Å². The molecule has 0 saturated heterocycles. The molecule has 0 fully saturated rings. The first kappa shape index (κ1) is 10.5. The van der Waals surface area contributed by atoms with E-state index in [0.29, 0.717) is 0 Å². The van der Waals surface area contributed by atoms with Crippen molar-refractivity contribution < 1.29 is 4.89 Å². The lowest BCUT2D eigenvalue weighted by atomic mass is 10.2. The molecule has 1 atom stereocenters. The van der Waals surface area contributed by atoms with Gasteiger partial charge in [-0.1, -0.05) is 35.9 Å². The zero-order valence-corrected chi connectivity index (χ0v) is 7.76. The Morgan fingerprint density at radius 3 is 1.91 bits per heavy atom. The molecule has 0 bridgehead atoms. The summed E-state index contributed by atoms with van der Waals surface area (Å²) in [5, 5.41) is 7.44. The molecule has 60 valence electrons. The maximum atomic E-state index is 7.44. The van der Waals surface area contributed by atoms with Crippen LogP contribution in [0.3, 0.4) is 0 Å². The molecule has 0 amide bonds. The third kappa shape index (κ3) is 9.48. The Labute approximate surface area is 71.7 Å². The van der Waals surface area contributed by atoms with Gasteiger partial charge in [-0.15, -0.1) is 0 Å². The molecule has 0 aliphatic rings. The van der Waals surface area contributed by atoms with Crippen molar-refractivity contribution in [2.24, 2.45) is 0 Å². The number of hydrogen-bond donors (Lipinski definition) is 1. The highest BCUT2D eigenvalue weighted by Crippen LogP contribution is 2.13. The fourth-order valence-corrected chi connectivity index (χ4v) is 0.534. The van der Waals surface area contributed by atoms with Gasteiger partial charge in [0.25, 0.3) is 7.14 Å². The molecule has 11 heavy (non-hydrogen) atoms. The highest BCUT2D eigenvalue weighted by atomic mass is 35.7. The minimum atomic E-state index is -2.15. The van der Waals surface area contributed by atoms with E-state index in [-0.39, 0.29) is 0 Å². The Bertz CT molecular complexity index is 248. The van der Waals surface area contributed by atoms with Crippen molar-refractivity contribution in [2.45, 2.75) is 6.92 Å². The topological polar surface area (TPSA) is 44.0 Å². The fourth-order valence-electron chi connectivity index (χ4n) is 0.534. The van der Waals surface area contributed by atoms with Gasteiger partial charge in [0.1, 0.15) is 0 Å². The summed E-state index contributed by atoms with van der Waals surface area (Å²) in [6.07, 6.45) is 0. The highest BCUT2D eigenvalue weighted by Gasteiger charge is 1.72. The first-order valence-corrected chi connectivity index (χ1v) is 5.13. The summed E-state index contributed by atoms with van der Waals surface area (Å²) < 4.78 is 0. The van der Waals surface area contributed by atoms with Crippen molar-refractivity contribution in [3.8, 4) is 0 Å². The second kappa shape index (κ2) is 6.21. The number of aryl methyl sites for hydroxylation is 1. The molecular weight excluding hydrogens is 181 g/mol. The highest BCUT2D eigenvalue weighted by molar-refractivity contribution is 7.67. The van der Waals surface area contributed by atoms with Crippen molar-refractivity contribution in [1.29, 1.82) is 5.00 Å². The normalized spacial score (nSPS) is 9.45. The van der Waals surface area contributed by atoms with Gasteiger partial charge in [-0.3, -0.25) is 0 Å². The van der Waals surface area contributed by atoms with E-state index in [0.717, 1.165) is 0 Å². The molecule has 1 aromatic rings. The zero-order valence-electron chi connectivity index (χ0n) is 6.11. The summed E-state index contributed by atoms with van der Waals surface area (Å²) in [5.74, 6) is 0. The number of benzene rings is 1. The Kier molecular flexibility index (Phi) is 5.91. The van der Waals surface area contributed by atoms with E-state index in [1.54, 1.807) is 0 Å². The minimum absolute atomic E-state index is 1.32. The summed E-state index contributed by atoms with van der Waals surface area (Å²) in [4.78, 5) is 7.44. The van der Waals surface area contributed by atoms with Crippen molar-refractivity contribution in [3.05, 3.63) is 35.9 Å². The van der Waals surface area contributed by atoms with Crippen LogP contribution >= 0.6 is 18.4 Å². The van der Waals surface area contributed by atoms with E-state index in [1.807, 2.05) is 18.2 Å². The maximum absolute atomic E-state index is 7.44. The van der Waals surface area contributed by atoms with Gasteiger partial charge >= 0.3 is 0 Å². The number of halogens is 1. The maximum Gasteiger partial charge on any atom is 0.282 e. The van der Waals surface area contributed by atoms with Crippen LogP contribution in [0.4, 0.5) is 0 Å². The first-order chi connectivity index (χ1) is 5.13. The minimum Gasteiger partial charge on any atom is -0.313 e. The van der Waals surface area contributed by atoms with Crippen LogP contribution in [-0.2, 0) is 0 Å². The predicted octanol–water partition coefficient (Wildman–Crippen LogP) is 3.00. The van der Waals surface area contributed by atoms with E-state index in [1.165, 1.54) is 5.56 Å². The Morgan fingerprint density at radius 1 is 1.36 bits per heavy atom. The lowest BCUT2D eigenvalue weighted by Crippen LogP contribution is -1.62. The summed E-state index contributed by atoms with van der Waals surface area (Å²) in [7, 11) is -2.15. The SMILES string of the molecule is Cc1ccccc1.N#P(O)Cl. The number of hydrogen-bond acceptors (Lipinski definition) is 2. The van der Waals surface area contributed by atoms with Gasteiger partial charge in [0, 0.05) is 0 Å². The molecule has 0 aromatic heterocycles. The fraction of sp³-hybridized carbons (Fsp3) is 0.143. The molecule has 1 unspecified atom stereocenters. The standard InChI is InChI=1S/C7H8.ClHNOP/c1-7-5-3-2-4-6-7;1-4(2)3/h2-6H,1H3;3H. The lowest BCUT2D eigenvalue weighted by Gasteiger charge is -1.82. The third-order valence-corrected chi connectivity index (χ3v) is 0.940.